The average molecular weight is 245 g/mol. The van der Waals surface area contributed by atoms with Crippen molar-refractivity contribution >= 4 is 5.91 Å². The first-order chi connectivity index (χ1) is 8.72. The monoisotopic (exact) mass is 245 g/mol. The van der Waals surface area contributed by atoms with Crippen molar-refractivity contribution < 1.29 is 4.79 Å². The molecule has 0 bridgehead atoms. The molecule has 0 spiro atoms. The Morgan fingerprint density at radius 3 is 2.94 bits per heavy atom. The van der Waals surface area contributed by atoms with Gasteiger partial charge in [-0.2, -0.15) is 5.10 Å². The molecule has 18 heavy (non-hydrogen) atoms. The van der Waals surface area contributed by atoms with Gasteiger partial charge in [-0.1, -0.05) is 0 Å². The number of carbonyl (C=O) groups excluding carboxylic acids is 1. The molecule has 3 N–H and O–H groups in total. The van der Waals surface area contributed by atoms with E-state index in [0.717, 1.165) is 11.3 Å². The third-order valence-electron chi connectivity index (χ3n) is 2.57. The van der Waals surface area contributed by atoms with Crippen LogP contribution in [0.15, 0.2) is 30.9 Å². The highest BCUT2D eigenvalue weighted by atomic mass is 16.1. The van der Waals surface area contributed by atoms with E-state index in [1.54, 1.807) is 17.1 Å². The normalized spacial score (nSPS) is 10.3. The van der Waals surface area contributed by atoms with Crippen molar-refractivity contribution in [2.45, 2.75) is 6.92 Å². The van der Waals surface area contributed by atoms with Crippen LogP contribution in [0.3, 0.4) is 0 Å². The maximum atomic E-state index is 11.8. The Balaban J connectivity index is 2.23. The van der Waals surface area contributed by atoms with Gasteiger partial charge in [0.05, 0.1) is 5.69 Å². The summed E-state index contributed by atoms with van der Waals surface area (Å²) in [6.45, 7) is 2.79. The van der Waals surface area contributed by atoms with Gasteiger partial charge in [0.1, 0.15) is 12.7 Å². The fraction of sp³-hybridized carbons (Fsp3) is 0.250. The Bertz CT molecular complexity index is 535. The van der Waals surface area contributed by atoms with Crippen molar-refractivity contribution in [1.82, 2.24) is 20.1 Å². The molecule has 1 aromatic heterocycles. The topological polar surface area (TPSA) is 85.8 Å². The lowest BCUT2D eigenvalue weighted by Crippen LogP contribution is -2.29. The smallest absolute Gasteiger partial charge is 0.251 e. The molecule has 0 fully saturated rings. The van der Waals surface area contributed by atoms with Crippen LogP contribution in [0.1, 0.15) is 15.9 Å². The van der Waals surface area contributed by atoms with Gasteiger partial charge in [-0.3, -0.25) is 4.79 Å². The number of benzene rings is 1. The molecule has 0 atom stereocenters. The number of carbonyl (C=O) groups is 1. The van der Waals surface area contributed by atoms with E-state index in [9.17, 15) is 4.79 Å². The summed E-state index contributed by atoms with van der Waals surface area (Å²) >= 11 is 0. The number of hydrogen-bond acceptors (Lipinski definition) is 4. The third-order valence-corrected chi connectivity index (χ3v) is 2.57. The molecule has 0 saturated carbocycles. The van der Waals surface area contributed by atoms with Gasteiger partial charge in [-0.15, -0.1) is 0 Å². The molecule has 1 aromatic carbocycles. The van der Waals surface area contributed by atoms with E-state index in [1.165, 1.54) is 6.33 Å². The minimum Gasteiger partial charge on any atom is -0.351 e. The van der Waals surface area contributed by atoms with E-state index in [2.05, 4.69) is 15.4 Å². The number of amides is 1. The Hall–Kier alpha value is -2.21. The summed E-state index contributed by atoms with van der Waals surface area (Å²) in [6, 6.07) is 5.50. The van der Waals surface area contributed by atoms with Crippen LogP contribution in [0.25, 0.3) is 5.69 Å². The van der Waals surface area contributed by atoms with Crippen molar-refractivity contribution in [1.29, 1.82) is 0 Å². The van der Waals surface area contributed by atoms with Gasteiger partial charge >= 0.3 is 0 Å². The molecule has 6 heteroatoms. The average Bonchev–Trinajstić information content (AvgIpc) is 2.89. The van der Waals surface area contributed by atoms with Crippen LogP contribution in [0.2, 0.25) is 0 Å². The number of aromatic nitrogens is 3. The summed E-state index contributed by atoms with van der Waals surface area (Å²) in [5.41, 5.74) is 7.76. The van der Waals surface area contributed by atoms with Crippen molar-refractivity contribution in [2.75, 3.05) is 13.1 Å². The van der Waals surface area contributed by atoms with Crippen LogP contribution >= 0.6 is 0 Å². The largest absolute Gasteiger partial charge is 0.351 e. The number of nitrogens with two attached hydrogens (primary N) is 1. The van der Waals surface area contributed by atoms with E-state index in [0.29, 0.717) is 18.7 Å². The van der Waals surface area contributed by atoms with Crippen molar-refractivity contribution in [2.24, 2.45) is 5.73 Å². The highest BCUT2D eigenvalue weighted by Crippen LogP contribution is 2.13. The van der Waals surface area contributed by atoms with Gasteiger partial charge < -0.3 is 11.1 Å². The Kier molecular flexibility index (Phi) is 3.69. The molecule has 2 rings (SSSR count). The predicted octanol–water partition coefficient (Wildman–Crippen LogP) is 0.264. The summed E-state index contributed by atoms with van der Waals surface area (Å²) < 4.78 is 1.65. The molecule has 2 aromatic rings. The summed E-state index contributed by atoms with van der Waals surface area (Å²) in [5.74, 6) is -0.108. The SMILES string of the molecule is Cc1cc(-n2cncn2)ccc1C(=O)NCCN. The van der Waals surface area contributed by atoms with Crippen LogP contribution in [-0.2, 0) is 0 Å². The molecular weight excluding hydrogens is 230 g/mol. The van der Waals surface area contributed by atoms with Crippen LogP contribution < -0.4 is 11.1 Å². The van der Waals surface area contributed by atoms with Crippen molar-refractivity contribution in [3.05, 3.63) is 42.0 Å². The number of hydrogen-bond donors (Lipinski definition) is 2. The van der Waals surface area contributed by atoms with E-state index in [1.807, 2.05) is 19.1 Å². The Labute approximate surface area is 105 Å². The van der Waals surface area contributed by atoms with Crippen LogP contribution in [0, 0.1) is 6.92 Å². The van der Waals surface area contributed by atoms with E-state index >= 15 is 0 Å². The fourth-order valence-electron chi connectivity index (χ4n) is 1.67. The zero-order chi connectivity index (χ0) is 13.0. The van der Waals surface area contributed by atoms with Crippen LogP contribution in [0.4, 0.5) is 0 Å². The maximum absolute atomic E-state index is 11.8. The van der Waals surface area contributed by atoms with Gasteiger partial charge in [0.25, 0.3) is 5.91 Å². The van der Waals surface area contributed by atoms with Crippen LogP contribution in [0.5, 0.6) is 0 Å². The third kappa shape index (κ3) is 2.54. The lowest BCUT2D eigenvalue weighted by Gasteiger charge is -2.08. The lowest BCUT2D eigenvalue weighted by atomic mass is 10.1. The molecular formula is C12H15N5O. The van der Waals surface area contributed by atoms with Crippen LogP contribution in [-0.4, -0.2) is 33.8 Å². The first-order valence-corrected chi connectivity index (χ1v) is 5.66. The van der Waals surface area contributed by atoms with E-state index < -0.39 is 0 Å². The van der Waals surface area contributed by atoms with Gasteiger partial charge in [-0.05, 0) is 30.7 Å². The van der Waals surface area contributed by atoms with E-state index in [-0.39, 0.29) is 5.91 Å². The van der Waals surface area contributed by atoms with Crippen molar-refractivity contribution in [3.63, 3.8) is 0 Å². The molecule has 0 saturated heterocycles. The number of nitrogens with one attached hydrogen (secondary N) is 1. The molecule has 0 radical (unpaired) electrons. The standard InChI is InChI=1S/C12H15N5O/c1-9-6-10(17-8-14-7-16-17)2-3-11(9)12(18)15-5-4-13/h2-3,6-8H,4-5,13H2,1H3,(H,15,18). The molecule has 94 valence electrons. The molecule has 0 aliphatic rings. The molecule has 0 aliphatic carbocycles. The van der Waals surface area contributed by atoms with Gasteiger partial charge in [0.15, 0.2) is 0 Å². The van der Waals surface area contributed by atoms with Gasteiger partial charge in [-0.25, -0.2) is 9.67 Å². The van der Waals surface area contributed by atoms with Crippen molar-refractivity contribution in [3.8, 4) is 5.69 Å². The van der Waals surface area contributed by atoms with Gasteiger partial charge in [0.2, 0.25) is 0 Å². The quantitative estimate of drug-likeness (QED) is 0.809. The predicted molar refractivity (Wildman–Crippen MR) is 67.5 cm³/mol. The minimum absolute atomic E-state index is 0.108. The lowest BCUT2D eigenvalue weighted by molar-refractivity contribution is 0.0954. The Morgan fingerprint density at radius 1 is 1.50 bits per heavy atom. The molecule has 0 unspecified atom stereocenters. The number of rotatable bonds is 4. The summed E-state index contributed by atoms with van der Waals surface area (Å²) in [5, 5.41) is 6.79. The molecule has 1 amide bonds. The molecule has 0 aliphatic heterocycles. The second kappa shape index (κ2) is 5.42. The second-order valence-electron chi connectivity index (χ2n) is 3.88. The number of nitrogens with zero attached hydrogens (tertiary/aromatic N) is 3. The molecule has 6 nitrogen and oxygen atoms in total. The first-order valence-electron chi connectivity index (χ1n) is 5.66. The Morgan fingerprint density at radius 2 is 2.33 bits per heavy atom. The summed E-state index contributed by atoms with van der Waals surface area (Å²) in [7, 11) is 0. The highest BCUT2D eigenvalue weighted by molar-refractivity contribution is 5.95. The second-order valence-corrected chi connectivity index (χ2v) is 3.88. The highest BCUT2D eigenvalue weighted by Gasteiger charge is 2.09. The summed E-state index contributed by atoms with van der Waals surface area (Å²) in [4.78, 5) is 15.7. The number of aryl methyl sites for hydroxylation is 1. The van der Waals surface area contributed by atoms with E-state index in [4.69, 9.17) is 5.73 Å². The maximum Gasteiger partial charge on any atom is 0.251 e. The summed E-state index contributed by atoms with van der Waals surface area (Å²) in [6.07, 6.45) is 3.08. The fourth-order valence-corrected chi connectivity index (χ4v) is 1.67. The minimum atomic E-state index is -0.108. The zero-order valence-electron chi connectivity index (χ0n) is 10.1. The zero-order valence-corrected chi connectivity index (χ0v) is 10.1. The molecule has 1 heterocycles. The first kappa shape index (κ1) is 12.3. The van der Waals surface area contributed by atoms with Gasteiger partial charge in [0, 0.05) is 18.7 Å².